The van der Waals surface area contributed by atoms with Gasteiger partial charge < -0.3 is 20.5 Å². The van der Waals surface area contributed by atoms with Crippen LogP contribution in [0.3, 0.4) is 0 Å². The summed E-state index contributed by atoms with van der Waals surface area (Å²) in [4.78, 5) is 12.2. The number of aromatic nitrogens is 3. The van der Waals surface area contributed by atoms with Crippen LogP contribution in [0.25, 0.3) is 0 Å². The van der Waals surface area contributed by atoms with Crippen molar-refractivity contribution in [1.29, 1.82) is 0 Å². The number of hydrogen-bond donors (Lipinski definition) is 3. The molecule has 2 atom stereocenters. The van der Waals surface area contributed by atoms with Crippen LogP contribution < -0.4 is 10.6 Å². The minimum Gasteiger partial charge on any atom is -0.444 e. The minimum atomic E-state index is -0.864. The maximum absolute atomic E-state index is 12.2. The molecule has 1 aromatic heterocycles. The van der Waals surface area contributed by atoms with Gasteiger partial charge in [-0.25, -0.2) is 9.48 Å². The average Bonchev–Trinajstić information content (AvgIpc) is 3.05. The van der Waals surface area contributed by atoms with Gasteiger partial charge in [0, 0.05) is 6.54 Å². The first-order valence-corrected chi connectivity index (χ1v) is 9.62. The van der Waals surface area contributed by atoms with Crippen LogP contribution in [0.15, 0.2) is 6.20 Å². The Morgan fingerprint density at radius 3 is 2.81 bits per heavy atom. The van der Waals surface area contributed by atoms with Crippen LogP contribution in [0.5, 0.6) is 0 Å². The van der Waals surface area contributed by atoms with E-state index in [4.69, 9.17) is 4.74 Å². The molecule has 1 saturated carbocycles. The van der Waals surface area contributed by atoms with Crippen molar-refractivity contribution in [2.24, 2.45) is 0 Å². The van der Waals surface area contributed by atoms with E-state index in [2.05, 4.69) is 20.9 Å². The van der Waals surface area contributed by atoms with Gasteiger partial charge in [-0.15, -0.1) is 5.10 Å². The maximum atomic E-state index is 12.2. The summed E-state index contributed by atoms with van der Waals surface area (Å²) in [6.45, 7) is 7.02. The summed E-state index contributed by atoms with van der Waals surface area (Å²) in [5, 5.41) is 25.7. The number of ether oxygens (including phenoxy) is 1. The standard InChI is InChI=1S/C18H31N5O3/c1-17(2,3)26-16(24)20-13-11-19-10-7-14(13)23-12-15(21-22-23)18(25)8-5-4-6-9-18/h12-14,19,25H,4-11H2,1-3H3,(H,20,24)/t13-,14-/m0/s1. The Morgan fingerprint density at radius 2 is 2.12 bits per heavy atom. The summed E-state index contributed by atoms with van der Waals surface area (Å²) in [7, 11) is 0. The molecular formula is C18H31N5O3. The lowest BCUT2D eigenvalue weighted by Gasteiger charge is -2.33. The van der Waals surface area contributed by atoms with E-state index >= 15 is 0 Å². The van der Waals surface area contributed by atoms with Crippen molar-refractivity contribution in [2.75, 3.05) is 13.1 Å². The smallest absolute Gasteiger partial charge is 0.407 e. The van der Waals surface area contributed by atoms with Gasteiger partial charge in [0.05, 0.1) is 18.3 Å². The summed E-state index contributed by atoms with van der Waals surface area (Å²) in [5.74, 6) is 0. The van der Waals surface area contributed by atoms with Crippen LogP contribution in [0.1, 0.15) is 71.0 Å². The fourth-order valence-electron chi connectivity index (χ4n) is 3.81. The van der Waals surface area contributed by atoms with E-state index in [9.17, 15) is 9.90 Å². The van der Waals surface area contributed by atoms with Gasteiger partial charge in [0.2, 0.25) is 0 Å². The number of carbonyl (C=O) groups excluding carboxylic acids is 1. The molecule has 1 amide bonds. The summed E-state index contributed by atoms with van der Waals surface area (Å²) < 4.78 is 7.17. The first-order chi connectivity index (χ1) is 12.3. The molecule has 8 nitrogen and oxygen atoms in total. The Labute approximate surface area is 154 Å². The highest BCUT2D eigenvalue weighted by molar-refractivity contribution is 5.68. The first-order valence-electron chi connectivity index (χ1n) is 9.62. The van der Waals surface area contributed by atoms with E-state index in [1.54, 1.807) is 4.68 Å². The summed E-state index contributed by atoms with van der Waals surface area (Å²) in [5.41, 5.74) is -0.754. The molecular weight excluding hydrogens is 334 g/mol. The zero-order chi connectivity index (χ0) is 18.8. The number of nitrogens with zero attached hydrogens (tertiary/aromatic N) is 3. The molecule has 0 aromatic carbocycles. The molecule has 2 aliphatic rings. The van der Waals surface area contributed by atoms with Gasteiger partial charge >= 0.3 is 6.09 Å². The molecule has 2 heterocycles. The molecule has 0 radical (unpaired) electrons. The molecule has 2 fully saturated rings. The van der Waals surface area contributed by atoms with Crippen molar-refractivity contribution in [1.82, 2.24) is 25.6 Å². The van der Waals surface area contributed by atoms with E-state index in [0.29, 0.717) is 12.2 Å². The fraction of sp³-hybridized carbons (Fsp3) is 0.833. The second kappa shape index (κ2) is 7.52. The SMILES string of the molecule is CC(C)(C)OC(=O)N[C@H]1CNCC[C@@H]1n1cc(C2(O)CCCCC2)nn1. The molecule has 0 unspecified atom stereocenters. The van der Waals surface area contributed by atoms with Crippen molar-refractivity contribution in [3.63, 3.8) is 0 Å². The van der Waals surface area contributed by atoms with Gasteiger partial charge in [0.25, 0.3) is 0 Å². The molecule has 1 saturated heterocycles. The third kappa shape index (κ3) is 4.54. The molecule has 26 heavy (non-hydrogen) atoms. The monoisotopic (exact) mass is 365 g/mol. The third-order valence-electron chi connectivity index (χ3n) is 5.16. The van der Waals surface area contributed by atoms with Crippen molar-refractivity contribution in [3.05, 3.63) is 11.9 Å². The van der Waals surface area contributed by atoms with Crippen LogP contribution >= 0.6 is 0 Å². The van der Waals surface area contributed by atoms with Crippen LogP contribution in [0.4, 0.5) is 4.79 Å². The lowest BCUT2D eigenvalue weighted by Crippen LogP contribution is -2.52. The number of alkyl carbamates (subject to hydrolysis) is 1. The van der Waals surface area contributed by atoms with E-state index in [-0.39, 0.29) is 12.1 Å². The molecule has 0 bridgehead atoms. The van der Waals surface area contributed by atoms with Crippen LogP contribution in [0, 0.1) is 0 Å². The quantitative estimate of drug-likeness (QED) is 0.756. The van der Waals surface area contributed by atoms with E-state index in [0.717, 1.165) is 45.1 Å². The Bertz CT molecular complexity index is 619. The molecule has 146 valence electrons. The van der Waals surface area contributed by atoms with Crippen LogP contribution in [-0.2, 0) is 10.3 Å². The Balaban J connectivity index is 1.71. The van der Waals surface area contributed by atoms with E-state index in [1.165, 1.54) is 0 Å². The highest BCUT2D eigenvalue weighted by atomic mass is 16.6. The molecule has 1 aliphatic carbocycles. The van der Waals surface area contributed by atoms with Crippen LogP contribution in [0.2, 0.25) is 0 Å². The predicted octanol–water partition coefficient (Wildman–Crippen LogP) is 1.86. The number of amides is 1. The Morgan fingerprint density at radius 1 is 1.38 bits per heavy atom. The second-order valence-electron chi connectivity index (χ2n) is 8.49. The number of hydrogen-bond acceptors (Lipinski definition) is 6. The fourth-order valence-corrected chi connectivity index (χ4v) is 3.81. The van der Waals surface area contributed by atoms with Crippen molar-refractivity contribution >= 4 is 6.09 Å². The van der Waals surface area contributed by atoms with Crippen LogP contribution in [-0.4, -0.2) is 50.9 Å². The number of aliphatic hydroxyl groups is 1. The van der Waals surface area contributed by atoms with Gasteiger partial charge in [-0.3, -0.25) is 0 Å². The van der Waals surface area contributed by atoms with Gasteiger partial charge in [-0.05, 0) is 46.6 Å². The second-order valence-corrected chi connectivity index (χ2v) is 8.49. The third-order valence-corrected chi connectivity index (χ3v) is 5.16. The number of piperidine rings is 1. The van der Waals surface area contributed by atoms with Gasteiger partial charge in [-0.1, -0.05) is 24.5 Å². The maximum Gasteiger partial charge on any atom is 0.407 e. The Hall–Kier alpha value is -1.67. The minimum absolute atomic E-state index is 0.0165. The Kier molecular flexibility index (Phi) is 5.53. The first kappa shape index (κ1) is 19.1. The molecule has 1 aromatic rings. The normalized spacial score (nSPS) is 26.3. The largest absolute Gasteiger partial charge is 0.444 e. The van der Waals surface area contributed by atoms with E-state index < -0.39 is 17.3 Å². The number of nitrogens with one attached hydrogen (secondary N) is 2. The summed E-state index contributed by atoms with van der Waals surface area (Å²) in [6, 6.07) is -0.161. The predicted molar refractivity (Wildman–Crippen MR) is 96.7 cm³/mol. The molecule has 3 rings (SSSR count). The topological polar surface area (TPSA) is 101 Å². The summed E-state index contributed by atoms with van der Waals surface area (Å²) in [6.07, 6.45) is 6.90. The van der Waals surface area contributed by atoms with Gasteiger partial charge in [0.1, 0.15) is 16.9 Å². The molecule has 0 spiro atoms. The number of rotatable bonds is 3. The lowest BCUT2D eigenvalue weighted by atomic mass is 9.83. The highest BCUT2D eigenvalue weighted by Gasteiger charge is 2.36. The van der Waals surface area contributed by atoms with Crippen molar-refractivity contribution in [2.45, 2.75) is 82.6 Å². The summed E-state index contributed by atoms with van der Waals surface area (Å²) >= 11 is 0. The van der Waals surface area contributed by atoms with Crippen molar-refractivity contribution < 1.29 is 14.6 Å². The van der Waals surface area contributed by atoms with E-state index in [1.807, 2.05) is 27.0 Å². The zero-order valence-electron chi connectivity index (χ0n) is 16.0. The molecule has 1 aliphatic heterocycles. The zero-order valence-corrected chi connectivity index (χ0v) is 16.0. The molecule has 3 N–H and O–H groups in total. The van der Waals surface area contributed by atoms with Gasteiger partial charge in [0.15, 0.2) is 0 Å². The number of carbonyl (C=O) groups is 1. The van der Waals surface area contributed by atoms with Gasteiger partial charge in [-0.2, -0.15) is 0 Å². The average molecular weight is 365 g/mol. The highest BCUT2D eigenvalue weighted by Crippen LogP contribution is 2.36. The van der Waals surface area contributed by atoms with Crippen molar-refractivity contribution in [3.8, 4) is 0 Å². The molecule has 8 heteroatoms. The lowest BCUT2D eigenvalue weighted by molar-refractivity contribution is -0.00479.